The van der Waals surface area contributed by atoms with Crippen LogP contribution in [0.2, 0.25) is 0 Å². The quantitative estimate of drug-likeness (QED) is 0.683. The highest BCUT2D eigenvalue weighted by Gasteiger charge is 2.11. The summed E-state index contributed by atoms with van der Waals surface area (Å²) in [6.45, 7) is 1.26. The molecule has 2 aromatic rings. The fourth-order valence-corrected chi connectivity index (χ4v) is 2.24. The number of carbonyl (C=O) groups is 2. The van der Waals surface area contributed by atoms with E-state index in [0.29, 0.717) is 37.5 Å². The van der Waals surface area contributed by atoms with Gasteiger partial charge in [0.25, 0.3) is 5.91 Å². The monoisotopic (exact) mass is 343 g/mol. The minimum Gasteiger partial charge on any atom is -0.490 e. The number of para-hydroxylation sites is 1. The average Bonchev–Trinajstić information content (AvgIpc) is 2.62. The summed E-state index contributed by atoms with van der Waals surface area (Å²) in [4.78, 5) is 23.2. The summed E-state index contributed by atoms with van der Waals surface area (Å²) >= 11 is 0. The molecule has 0 aliphatic rings. The van der Waals surface area contributed by atoms with Crippen LogP contribution < -0.4 is 10.1 Å². The zero-order valence-electron chi connectivity index (χ0n) is 14.0. The van der Waals surface area contributed by atoms with Gasteiger partial charge in [-0.05, 0) is 36.2 Å². The summed E-state index contributed by atoms with van der Waals surface area (Å²) in [5, 5.41) is 11.7. The molecule has 2 rings (SSSR count). The highest BCUT2D eigenvalue weighted by Crippen LogP contribution is 2.17. The Hall–Kier alpha value is -2.86. The number of nitrogens with one attached hydrogen (secondary N) is 1. The Morgan fingerprint density at radius 2 is 1.76 bits per heavy atom. The van der Waals surface area contributed by atoms with Crippen LogP contribution in [0, 0.1) is 0 Å². The number of carboxylic acids is 1. The third-order valence-corrected chi connectivity index (χ3v) is 3.58. The third kappa shape index (κ3) is 5.61. The molecule has 0 aliphatic carbocycles. The molecule has 25 heavy (non-hydrogen) atoms. The molecule has 2 aromatic carbocycles. The van der Waals surface area contributed by atoms with Gasteiger partial charge >= 0.3 is 5.97 Å². The Morgan fingerprint density at radius 3 is 2.44 bits per heavy atom. The molecule has 0 unspecified atom stereocenters. The van der Waals surface area contributed by atoms with Gasteiger partial charge in [0, 0.05) is 13.7 Å². The van der Waals surface area contributed by atoms with Crippen molar-refractivity contribution in [2.45, 2.75) is 6.42 Å². The minimum atomic E-state index is -0.954. The van der Waals surface area contributed by atoms with Crippen molar-refractivity contribution in [3.63, 3.8) is 0 Å². The van der Waals surface area contributed by atoms with Crippen LogP contribution in [0.1, 0.15) is 26.3 Å². The number of benzene rings is 2. The van der Waals surface area contributed by atoms with E-state index in [2.05, 4.69) is 5.32 Å². The molecule has 0 bridgehead atoms. The van der Waals surface area contributed by atoms with Gasteiger partial charge in [-0.2, -0.15) is 0 Å². The van der Waals surface area contributed by atoms with Crippen LogP contribution in [-0.2, 0) is 11.2 Å². The first-order chi connectivity index (χ1) is 12.1. The molecular formula is C19H21NO5. The lowest BCUT2D eigenvalue weighted by Gasteiger charge is -2.11. The van der Waals surface area contributed by atoms with Gasteiger partial charge in [-0.3, -0.25) is 4.79 Å². The third-order valence-electron chi connectivity index (χ3n) is 3.58. The van der Waals surface area contributed by atoms with Crippen molar-refractivity contribution in [2.24, 2.45) is 0 Å². The van der Waals surface area contributed by atoms with E-state index in [4.69, 9.17) is 14.6 Å². The van der Waals surface area contributed by atoms with E-state index < -0.39 is 5.97 Å². The van der Waals surface area contributed by atoms with E-state index in [1.807, 2.05) is 6.07 Å². The number of carbonyl (C=O) groups excluding carboxylic acids is 1. The van der Waals surface area contributed by atoms with E-state index in [1.165, 1.54) is 0 Å². The second-order valence-corrected chi connectivity index (χ2v) is 5.35. The predicted molar refractivity (Wildman–Crippen MR) is 93.3 cm³/mol. The van der Waals surface area contributed by atoms with E-state index in [9.17, 15) is 9.59 Å². The molecular weight excluding hydrogens is 322 g/mol. The standard InChI is InChI=1S/C19H21NO5/c1-24-12-13-25-17-5-3-2-4-16(17)18(21)20-11-10-14-6-8-15(9-7-14)19(22)23/h2-9H,10-13H2,1H3,(H,20,21)(H,22,23). The van der Waals surface area contributed by atoms with Crippen molar-refractivity contribution in [1.82, 2.24) is 5.32 Å². The Balaban J connectivity index is 1.88. The van der Waals surface area contributed by atoms with Crippen LogP contribution in [0.25, 0.3) is 0 Å². The van der Waals surface area contributed by atoms with E-state index in [0.717, 1.165) is 5.56 Å². The first-order valence-corrected chi connectivity index (χ1v) is 7.93. The zero-order chi connectivity index (χ0) is 18.1. The van der Waals surface area contributed by atoms with Gasteiger partial charge in [0.2, 0.25) is 0 Å². The van der Waals surface area contributed by atoms with Crippen molar-refractivity contribution in [1.29, 1.82) is 0 Å². The van der Waals surface area contributed by atoms with Crippen molar-refractivity contribution >= 4 is 11.9 Å². The number of ether oxygens (including phenoxy) is 2. The van der Waals surface area contributed by atoms with Gasteiger partial charge in [0.15, 0.2) is 0 Å². The molecule has 0 aromatic heterocycles. The van der Waals surface area contributed by atoms with Gasteiger partial charge < -0.3 is 19.9 Å². The average molecular weight is 343 g/mol. The number of aromatic carboxylic acids is 1. The number of carboxylic acid groups (broad SMARTS) is 1. The van der Waals surface area contributed by atoms with Crippen LogP contribution in [0.15, 0.2) is 48.5 Å². The number of hydrogen-bond donors (Lipinski definition) is 2. The lowest BCUT2D eigenvalue weighted by Crippen LogP contribution is -2.26. The topological polar surface area (TPSA) is 84.9 Å². The largest absolute Gasteiger partial charge is 0.490 e. The van der Waals surface area contributed by atoms with Crippen LogP contribution in [0.5, 0.6) is 5.75 Å². The number of amides is 1. The van der Waals surface area contributed by atoms with Crippen molar-refractivity contribution in [3.05, 3.63) is 65.2 Å². The molecule has 0 spiro atoms. The number of rotatable bonds is 9. The van der Waals surface area contributed by atoms with Crippen LogP contribution in [-0.4, -0.2) is 43.9 Å². The lowest BCUT2D eigenvalue weighted by atomic mass is 10.1. The van der Waals surface area contributed by atoms with Crippen LogP contribution in [0.4, 0.5) is 0 Å². The molecule has 0 aliphatic heterocycles. The maximum Gasteiger partial charge on any atom is 0.335 e. The van der Waals surface area contributed by atoms with E-state index >= 15 is 0 Å². The molecule has 0 fully saturated rings. The smallest absolute Gasteiger partial charge is 0.335 e. The molecule has 0 saturated carbocycles. The van der Waals surface area contributed by atoms with E-state index in [1.54, 1.807) is 49.6 Å². The predicted octanol–water partition coefficient (Wildman–Crippen LogP) is 2.38. The number of methoxy groups -OCH3 is 1. The molecule has 0 atom stereocenters. The van der Waals surface area contributed by atoms with E-state index in [-0.39, 0.29) is 11.5 Å². The molecule has 0 heterocycles. The first kappa shape index (κ1) is 18.5. The molecule has 0 radical (unpaired) electrons. The van der Waals surface area contributed by atoms with Gasteiger partial charge in [-0.25, -0.2) is 4.79 Å². The second kappa shape index (κ2) is 9.44. The van der Waals surface area contributed by atoms with Gasteiger partial charge in [0.1, 0.15) is 12.4 Å². The maximum atomic E-state index is 12.3. The molecule has 132 valence electrons. The Labute approximate surface area is 146 Å². The Kier molecular flexibility index (Phi) is 6.98. The highest BCUT2D eigenvalue weighted by atomic mass is 16.5. The van der Waals surface area contributed by atoms with Crippen molar-refractivity contribution in [3.8, 4) is 5.75 Å². The highest BCUT2D eigenvalue weighted by molar-refractivity contribution is 5.96. The summed E-state index contributed by atoms with van der Waals surface area (Å²) in [7, 11) is 1.59. The lowest BCUT2D eigenvalue weighted by molar-refractivity contribution is 0.0696. The van der Waals surface area contributed by atoms with Crippen LogP contribution >= 0.6 is 0 Å². The molecule has 6 heteroatoms. The summed E-state index contributed by atoms with van der Waals surface area (Å²) in [6, 6.07) is 13.6. The SMILES string of the molecule is COCCOc1ccccc1C(=O)NCCc1ccc(C(=O)O)cc1. The fourth-order valence-electron chi connectivity index (χ4n) is 2.24. The van der Waals surface area contributed by atoms with Gasteiger partial charge in [0.05, 0.1) is 17.7 Å². The maximum absolute atomic E-state index is 12.3. The summed E-state index contributed by atoms with van der Waals surface area (Å²) in [5.74, 6) is -0.650. The summed E-state index contributed by atoms with van der Waals surface area (Å²) in [5.41, 5.74) is 1.67. The Morgan fingerprint density at radius 1 is 1.04 bits per heavy atom. The summed E-state index contributed by atoms with van der Waals surface area (Å²) in [6.07, 6.45) is 0.609. The second-order valence-electron chi connectivity index (χ2n) is 5.35. The molecule has 1 amide bonds. The van der Waals surface area contributed by atoms with Crippen molar-refractivity contribution < 1.29 is 24.2 Å². The molecule has 2 N–H and O–H groups in total. The number of hydrogen-bond acceptors (Lipinski definition) is 4. The fraction of sp³-hybridized carbons (Fsp3) is 0.263. The van der Waals surface area contributed by atoms with Crippen LogP contribution in [0.3, 0.4) is 0 Å². The Bertz CT molecular complexity index is 712. The molecule has 6 nitrogen and oxygen atoms in total. The van der Waals surface area contributed by atoms with Crippen molar-refractivity contribution in [2.75, 3.05) is 26.9 Å². The van der Waals surface area contributed by atoms with Gasteiger partial charge in [-0.15, -0.1) is 0 Å². The van der Waals surface area contributed by atoms with Gasteiger partial charge in [-0.1, -0.05) is 24.3 Å². The minimum absolute atomic E-state index is 0.213. The normalized spacial score (nSPS) is 10.3. The molecule has 0 saturated heterocycles. The summed E-state index contributed by atoms with van der Waals surface area (Å²) < 4.78 is 10.5. The zero-order valence-corrected chi connectivity index (χ0v) is 14.0. The first-order valence-electron chi connectivity index (χ1n) is 7.93.